The fourth-order valence-electron chi connectivity index (χ4n) is 5.61. The highest BCUT2D eigenvalue weighted by molar-refractivity contribution is 7.22. The Balaban J connectivity index is 1.15. The zero-order chi connectivity index (χ0) is 30.6. The lowest BCUT2D eigenvalue weighted by molar-refractivity contribution is 0.102. The van der Waals surface area contributed by atoms with Gasteiger partial charge in [-0.2, -0.15) is 0 Å². The molecule has 228 valence electrons. The largest absolute Gasteiger partial charge is 0.493 e. The molecule has 1 aliphatic heterocycles. The molecular weight excluding hydrogens is 572 g/mol. The Morgan fingerprint density at radius 1 is 1.02 bits per heavy atom. The summed E-state index contributed by atoms with van der Waals surface area (Å²) < 4.78 is 12.7. The third-order valence-electron chi connectivity index (χ3n) is 8.27. The normalized spacial score (nSPS) is 14.2. The Hall–Kier alpha value is -4.28. The first-order valence-corrected chi connectivity index (χ1v) is 15.9. The molecule has 10 heteroatoms. The molecule has 3 heterocycles. The number of carbonyl (C=O) groups excluding carboxylic acids is 1. The van der Waals surface area contributed by atoms with Crippen molar-refractivity contribution in [3.8, 4) is 11.5 Å². The van der Waals surface area contributed by atoms with E-state index in [1.54, 1.807) is 13.2 Å². The van der Waals surface area contributed by atoms with Crippen LogP contribution in [0, 0.1) is 19.8 Å². The van der Waals surface area contributed by atoms with Crippen molar-refractivity contribution in [1.29, 1.82) is 0 Å². The van der Waals surface area contributed by atoms with Gasteiger partial charge < -0.3 is 25.0 Å². The van der Waals surface area contributed by atoms with Crippen molar-refractivity contribution in [3.63, 3.8) is 0 Å². The van der Waals surface area contributed by atoms with E-state index >= 15 is 0 Å². The number of aromatic nitrogens is 3. The quantitative estimate of drug-likeness (QED) is 0.158. The number of hydrogen-bond donors (Lipinski definition) is 2. The Morgan fingerprint density at radius 3 is 2.59 bits per heavy atom. The molecule has 5 aromatic rings. The van der Waals surface area contributed by atoms with E-state index in [4.69, 9.17) is 14.5 Å². The third kappa shape index (κ3) is 6.61. The summed E-state index contributed by atoms with van der Waals surface area (Å²) in [5.41, 5.74) is 5.01. The zero-order valence-corrected chi connectivity index (χ0v) is 26.5. The number of carbonyl (C=O) groups is 1. The fourth-order valence-corrected chi connectivity index (χ4v) is 6.51. The van der Waals surface area contributed by atoms with Gasteiger partial charge in [-0.1, -0.05) is 36.5 Å². The van der Waals surface area contributed by atoms with Crippen molar-refractivity contribution in [2.24, 2.45) is 5.92 Å². The summed E-state index contributed by atoms with van der Waals surface area (Å²) in [5, 5.41) is 7.88. The van der Waals surface area contributed by atoms with E-state index < -0.39 is 0 Å². The predicted octanol–water partition coefficient (Wildman–Crippen LogP) is 7.36. The van der Waals surface area contributed by atoms with E-state index in [2.05, 4.69) is 32.4 Å². The molecule has 0 bridgehead atoms. The summed E-state index contributed by atoms with van der Waals surface area (Å²) in [5.74, 6) is 2.60. The number of rotatable bonds is 10. The molecule has 0 radical (unpaired) electrons. The van der Waals surface area contributed by atoms with E-state index in [9.17, 15) is 4.79 Å². The first-order chi connectivity index (χ1) is 21.4. The minimum absolute atomic E-state index is 0.153. The highest BCUT2D eigenvalue weighted by atomic mass is 32.1. The molecule has 0 aliphatic carbocycles. The van der Waals surface area contributed by atoms with Gasteiger partial charge in [-0.05, 0) is 87.5 Å². The van der Waals surface area contributed by atoms with Gasteiger partial charge in [0.25, 0.3) is 5.91 Å². The number of anilines is 3. The molecule has 2 N–H and O–H groups in total. The van der Waals surface area contributed by atoms with Crippen molar-refractivity contribution in [1.82, 2.24) is 19.9 Å². The van der Waals surface area contributed by atoms with Gasteiger partial charge in [-0.15, -0.1) is 0 Å². The van der Waals surface area contributed by atoms with Crippen LogP contribution in [0.3, 0.4) is 0 Å². The number of fused-ring (bicyclic) bond motifs is 2. The predicted molar refractivity (Wildman–Crippen MR) is 178 cm³/mol. The van der Waals surface area contributed by atoms with Crippen molar-refractivity contribution < 1.29 is 14.3 Å². The van der Waals surface area contributed by atoms with Gasteiger partial charge in [0.1, 0.15) is 12.1 Å². The standard InChI is InChI=1S/C34H38N6O3S/c1-21-11-14-40(15-12-21)13-6-16-43-29-19-27-25(18-28(29)42-4)32(36-20-35-27)39-34-37-26-10-9-24(17-30(26)44-34)33(41)38-31-22(2)7-5-8-23(31)3/h5,7-10,17-21H,6,11-16H2,1-4H3,(H,38,41)(H,35,36,37,39). The Kier molecular flexibility index (Phi) is 8.90. The maximum Gasteiger partial charge on any atom is 0.255 e. The Morgan fingerprint density at radius 2 is 1.82 bits per heavy atom. The molecule has 44 heavy (non-hydrogen) atoms. The molecule has 0 saturated carbocycles. The van der Waals surface area contributed by atoms with Crippen molar-refractivity contribution in [3.05, 3.63) is 71.5 Å². The summed E-state index contributed by atoms with van der Waals surface area (Å²) in [6.45, 7) is 10.3. The number of ether oxygens (including phenoxy) is 2. The van der Waals surface area contributed by atoms with Crippen LogP contribution in [-0.2, 0) is 0 Å². The molecule has 1 saturated heterocycles. The van der Waals surface area contributed by atoms with E-state index in [-0.39, 0.29) is 5.91 Å². The van der Waals surface area contributed by atoms with E-state index in [0.29, 0.717) is 34.6 Å². The second-order valence-corrected chi connectivity index (χ2v) is 12.5. The molecule has 6 rings (SSSR count). The number of para-hydroxylation sites is 1. The first-order valence-electron chi connectivity index (χ1n) is 15.1. The van der Waals surface area contributed by atoms with Gasteiger partial charge >= 0.3 is 0 Å². The van der Waals surface area contributed by atoms with Crippen LogP contribution in [0.5, 0.6) is 11.5 Å². The number of piperidine rings is 1. The van der Waals surface area contributed by atoms with Crippen molar-refractivity contribution in [2.45, 2.75) is 40.0 Å². The number of methoxy groups -OCH3 is 1. The first kappa shape index (κ1) is 29.8. The number of hydrogen-bond acceptors (Lipinski definition) is 9. The Labute approximate surface area is 261 Å². The lowest BCUT2D eigenvalue weighted by Gasteiger charge is -2.30. The summed E-state index contributed by atoms with van der Waals surface area (Å²) in [7, 11) is 1.64. The second-order valence-electron chi connectivity index (χ2n) is 11.5. The van der Waals surface area contributed by atoms with Gasteiger partial charge in [0.05, 0.1) is 29.5 Å². The van der Waals surface area contributed by atoms with Gasteiger partial charge in [0.15, 0.2) is 16.6 Å². The zero-order valence-electron chi connectivity index (χ0n) is 25.6. The highest BCUT2D eigenvalue weighted by Crippen LogP contribution is 2.36. The second kappa shape index (κ2) is 13.2. The van der Waals surface area contributed by atoms with Gasteiger partial charge in [0.2, 0.25) is 0 Å². The topological polar surface area (TPSA) is 102 Å². The summed E-state index contributed by atoms with van der Waals surface area (Å²) >= 11 is 1.46. The molecular formula is C34H38N6O3S. The Bertz CT molecular complexity index is 1780. The lowest BCUT2D eigenvalue weighted by atomic mass is 9.99. The van der Waals surface area contributed by atoms with E-state index in [0.717, 1.165) is 56.8 Å². The van der Waals surface area contributed by atoms with Crippen LogP contribution in [0.15, 0.2) is 54.9 Å². The molecule has 1 fully saturated rings. The van der Waals surface area contributed by atoms with Gasteiger partial charge in [-0.25, -0.2) is 15.0 Å². The average molecular weight is 611 g/mol. The lowest BCUT2D eigenvalue weighted by Crippen LogP contribution is -2.34. The number of thiazole rings is 1. The SMILES string of the molecule is COc1cc2c(Nc3nc4ccc(C(=O)Nc5c(C)cccc5C)cc4s3)ncnc2cc1OCCCN1CCC(C)CC1. The molecule has 2 aromatic heterocycles. The molecule has 0 spiro atoms. The van der Waals surface area contributed by atoms with Crippen LogP contribution in [0.2, 0.25) is 0 Å². The molecule has 0 unspecified atom stereocenters. The minimum atomic E-state index is -0.153. The molecule has 1 amide bonds. The molecule has 3 aromatic carbocycles. The highest BCUT2D eigenvalue weighted by Gasteiger charge is 2.17. The number of aryl methyl sites for hydroxylation is 2. The van der Waals surface area contributed by atoms with Crippen molar-refractivity contribution in [2.75, 3.05) is 44.0 Å². The maximum absolute atomic E-state index is 13.1. The van der Waals surface area contributed by atoms with Crippen LogP contribution in [0.4, 0.5) is 16.6 Å². The molecule has 9 nitrogen and oxygen atoms in total. The summed E-state index contributed by atoms with van der Waals surface area (Å²) in [6, 6.07) is 15.3. The minimum Gasteiger partial charge on any atom is -0.493 e. The monoisotopic (exact) mass is 610 g/mol. The molecule has 0 atom stereocenters. The van der Waals surface area contributed by atoms with Crippen LogP contribution < -0.4 is 20.1 Å². The van der Waals surface area contributed by atoms with Crippen LogP contribution in [0.25, 0.3) is 21.1 Å². The number of nitrogens with one attached hydrogen (secondary N) is 2. The number of nitrogens with zero attached hydrogens (tertiary/aromatic N) is 4. The van der Waals surface area contributed by atoms with Crippen LogP contribution >= 0.6 is 11.3 Å². The van der Waals surface area contributed by atoms with E-state index in [1.807, 2.05) is 56.3 Å². The third-order valence-corrected chi connectivity index (χ3v) is 9.20. The van der Waals surface area contributed by atoms with Crippen LogP contribution in [-0.4, -0.2) is 59.1 Å². The van der Waals surface area contributed by atoms with Gasteiger partial charge in [-0.3, -0.25) is 4.79 Å². The smallest absolute Gasteiger partial charge is 0.255 e. The summed E-state index contributed by atoms with van der Waals surface area (Å²) in [4.78, 5) is 29.3. The number of amides is 1. The van der Waals surface area contributed by atoms with E-state index in [1.165, 1.54) is 43.6 Å². The summed E-state index contributed by atoms with van der Waals surface area (Å²) in [6.07, 6.45) is 5.04. The average Bonchev–Trinajstić information content (AvgIpc) is 3.43. The van der Waals surface area contributed by atoms with Crippen molar-refractivity contribution >= 4 is 55.0 Å². The fraction of sp³-hybridized carbons (Fsp3) is 0.353. The van der Waals surface area contributed by atoms with Crippen LogP contribution in [0.1, 0.15) is 47.7 Å². The number of likely N-dealkylation sites (tertiary alicyclic amines) is 1. The number of benzene rings is 3. The molecule has 1 aliphatic rings. The van der Waals surface area contributed by atoms with Gasteiger partial charge in [0, 0.05) is 29.2 Å². The maximum atomic E-state index is 13.1.